The number of anilines is 2. The van der Waals surface area contributed by atoms with Gasteiger partial charge in [0.2, 0.25) is 5.17 Å². The number of halogens is 1. The molecule has 2 aromatic carbocycles. The van der Waals surface area contributed by atoms with Gasteiger partial charge >= 0.3 is 0 Å². The van der Waals surface area contributed by atoms with Crippen LogP contribution in [0.4, 0.5) is 11.4 Å². The van der Waals surface area contributed by atoms with Crippen molar-refractivity contribution in [1.82, 2.24) is 0 Å². The first-order valence-electron chi connectivity index (χ1n) is 5.66. The Hall–Kier alpha value is -2.33. The summed E-state index contributed by atoms with van der Waals surface area (Å²) in [5.74, 6) is -0.462. The highest BCUT2D eigenvalue weighted by atomic mass is 35.5. The molecule has 19 heavy (non-hydrogen) atoms. The average Bonchev–Trinajstić information content (AvgIpc) is 2.47. The van der Waals surface area contributed by atoms with Gasteiger partial charge in [-0.05, 0) is 24.3 Å². The fourth-order valence-electron chi connectivity index (χ4n) is 1.38. The number of nitrogens with zero attached hydrogens (tertiary/aromatic N) is 1. The van der Waals surface area contributed by atoms with Crippen LogP contribution in [0.2, 0.25) is 0 Å². The number of hydrogen-bond acceptors (Lipinski definition) is 3. The Kier molecular flexibility index (Phi) is 4.53. The molecular formula is C14H12ClN3O. The van der Waals surface area contributed by atoms with E-state index in [-0.39, 0.29) is 5.17 Å². The summed E-state index contributed by atoms with van der Waals surface area (Å²) in [5, 5.41) is 6.29. The minimum atomic E-state index is -0.462. The Morgan fingerprint density at radius 1 is 0.895 bits per heavy atom. The number of amides is 1. The summed E-state index contributed by atoms with van der Waals surface area (Å²) in [7, 11) is 0. The molecule has 0 saturated heterocycles. The van der Waals surface area contributed by atoms with E-state index in [0.29, 0.717) is 5.69 Å². The summed E-state index contributed by atoms with van der Waals surface area (Å²) in [6.45, 7) is 0. The molecule has 2 rings (SSSR count). The van der Waals surface area contributed by atoms with E-state index in [1.54, 1.807) is 12.1 Å². The lowest BCUT2D eigenvalue weighted by Gasteiger charge is -2.04. The maximum absolute atomic E-state index is 11.7. The van der Waals surface area contributed by atoms with Gasteiger partial charge in [-0.2, -0.15) is 5.10 Å². The molecule has 4 nitrogen and oxygen atoms in total. The zero-order valence-corrected chi connectivity index (χ0v) is 10.8. The third kappa shape index (κ3) is 4.12. The third-order valence-corrected chi connectivity index (χ3v) is 2.53. The van der Waals surface area contributed by atoms with E-state index in [1.807, 2.05) is 48.5 Å². The first kappa shape index (κ1) is 13.1. The van der Waals surface area contributed by atoms with Crippen LogP contribution in [0.1, 0.15) is 0 Å². The number of para-hydroxylation sites is 2. The summed E-state index contributed by atoms with van der Waals surface area (Å²) in [6, 6.07) is 18.3. The fraction of sp³-hybridized carbons (Fsp3) is 0. The molecule has 0 unspecified atom stereocenters. The van der Waals surface area contributed by atoms with Crippen LogP contribution in [0, 0.1) is 0 Å². The van der Waals surface area contributed by atoms with Crippen LogP contribution in [-0.2, 0) is 4.79 Å². The highest BCUT2D eigenvalue weighted by molar-refractivity contribution is 6.84. The maximum atomic E-state index is 11.7. The topological polar surface area (TPSA) is 53.5 Å². The highest BCUT2D eigenvalue weighted by Gasteiger charge is 2.08. The molecule has 0 aliphatic heterocycles. The van der Waals surface area contributed by atoms with Crippen LogP contribution >= 0.6 is 11.6 Å². The number of carbonyl (C=O) groups excluding carboxylic acids is 1. The largest absolute Gasteiger partial charge is 0.320 e. The second-order valence-corrected chi connectivity index (χ2v) is 4.06. The van der Waals surface area contributed by atoms with E-state index in [1.165, 1.54) is 0 Å². The molecule has 0 aliphatic rings. The van der Waals surface area contributed by atoms with Gasteiger partial charge in [-0.3, -0.25) is 10.2 Å². The van der Waals surface area contributed by atoms with Gasteiger partial charge in [0, 0.05) is 5.69 Å². The number of carbonyl (C=O) groups is 1. The normalized spacial score (nSPS) is 10.9. The SMILES string of the molecule is O=C(Nc1ccccc1)/C(Cl)=N/Nc1ccccc1. The molecule has 0 fully saturated rings. The zero-order valence-electron chi connectivity index (χ0n) is 10.0. The lowest BCUT2D eigenvalue weighted by atomic mass is 10.3. The van der Waals surface area contributed by atoms with E-state index in [2.05, 4.69) is 15.8 Å². The molecule has 96 valence electrons. The van der Waals surface area contributed by atoms with E-state index in [9.17, 15) is 4.79 Å². The number of hydrazone groups is 1. The first-order chi connectivity index (χ1) is 9.25. The Morgan fingerprint density at radius 3 is 2.00 bits per heavy atom. The quantitative estimate of drug-likeness (QED) is 0.663. The third-order valence-electron chi connectivity index (χ3n) is 2.28. The fourth-order valence-corrected chi connectivity index (χ4v) is 1.47. The summed E-state index contributed by atoms with van der Waals surface area (Å²) in [4.78, 5) is 11.7. The van der Waals surface area contributed by atoms with E-state index >= 15 is 0 Å². The molecule has 0 spiro atoms. The Bertz CT molecular complexity index is 570. The zero-order chi connectivity index (χ0) is 13.5. The van der Waals surface area contributed by atoms with E-state index in [4.69, 9.17) is 11.6 Å². The Balaban J connectivity index is 1.95. The van der Waals surface area contributed by atoms with Crippen molar-refractivity contribution < 1.29 is 4.79 Å². The van der Waals surface area contributed by atoms with Gasteiger partial charge in [0.15, 0.2) is 0 Å². The molecule has 0 saturated carbocycles. The highest BCUT2D eigenvalue weighted by Crippen LogP contribution is 2.07. The lowest BCUT2D eigenvalue weighted by molar-refractivity contribution is -0.110. The van der Waals surface area contributed by atoms with Gasteiger partial charge in [0.1, 0.15) is 0 Å². The molecular weight excluding hydrogens is 262 g/mol. The van der Waals surface area contributed by atoms with Crippen molar-refractivity contribution in [2.75, 3.05) is 10.7 Å². The molecule has 5 heteroatoms. The van der Waals surface area contributed by atoms with Crippen LogP contribution in [-0.4, -0.2) is 11.1 Å². The summed E-state index contributed by atoms with van der Waals surface area (Å²) < 4.78 is 0. The summed E-state index contributed by atoms with van der Waals surface area (Å²) >= 11 is 5.81. The van der Waals surface area contributed by atoms with Crippen LogP contribution in [0.3, 0.4) is 0 Å². The van der Waals surface area contributed by atoms with Gasteiger partial charge in [0.05, 0.1) is 5.69 Å². The summed E-state index contributed by atoms with van der Waals surface area (Å²) in [6.07, 6.45) is 0. The molecule has 0 bridgehead atoms. The number of nitrogens with one attached hydrogen (secondary N) is 2. The molecule has 2 aromatic rings. The van der Waals surface area contributed by atoms with Crippen LogP contribution in [0.15, 0.2) is 65.8 Å². The predicted molar refractivity (Wildman–Crippen MR) is 78.4 cm³/mol. The van der Waals surface area contributed by atoms with Gasteiger partial charge < -0.3 is 5.32 Å². The standard InChI is InChI=1S/C14H12ClN3O/c15-13(18-17-12-9-5-2-6-10-12)14(19)16-11-7-3-1-4-8-11/h1-10,17H,(H,16,19)/b18-13-. The molecule has 2 N–H and O–H groups in total. The summed E-state index contributed by atoms with van der Waals surface area (Å²) in [5.41, 5.74) is 4.13. The second-order valence-electron chi connectivity index (χ2n) is 3.70. The van der Waals surface area contributed by atoms with Crippen molar-refractivity contribution in [2.45, 2.75) is 0 Å². The van der Waals surface area contributed by atoms with Crippen molar-refractivity contribution in [1.29, 1.82) is 0 Å². The van der Waals surface area contributed by atoms with Crippen LogP contribution in [0.5, 0.6) is 0 Å². The van der Waals surface area contributed by atoms with Crippen LogP contribution in [0.25, 0.3) is 0 Å². The van der Waals surface area contributed by atoms with Gasteiger partial charge in [-0.15, -0.1) is 0 Å². The monoisotopic (exact) mass is 273 g/mol. The minimum Gasteiger partial charge on any atom is -0.320 e. The maximum Gasteiger partial charge on any atom is 0.287 e. The number of rotatable bonds is 4. The van der Waals surface area contributed by atoms with Crippen molar-refractivity contribution in [3.63, 3.8) is 0 Å². The van der Waals surface area contributed by atoms with Crippen molar-refractivity contribution >= 4 is 34.1 Å². The van der Waals surface area contributed by atoms with Crippen LogP contribution < -0.4 is 10.7 Å². The Labute approximate surface area is 116 Å². The lowest BCUT2D eigenvalue weighted by Crippen LogP contribution is -2.19. The van der Waals surface area contributed by atoms with Gasteiger partial charge in [-0.1, -0.05) is 48.0 Å². The molecule has 0 aromatic heterocycles. The van der Waals surface area contributed by atoms with Gasteiger partial charge in [0.25, 0.3) is 5.91 Å². The number of hydrogen-bond donors (Lipinski definition) is 2. The second kappa shape index (κ2) is 6.56. The molecule has 0 heterocycles. The first-order valence-corrected chi connectivity index (χ1v) is 6.04. The van der Waals surface area contributed by atoms with E-state index < -0.39 is 5.91 Å². The molecule has 1 amide bonds. The van der Waals surface area contributed by atoms with Gasteiger partial charge in [-0.25, -0.2) is 0 Å². The predicted octanol–water partition coefficient (Wildman–Crippen LogP) is 3.29. The number of benzene rings is 2. The van der Waals surface area contributed by atoms with Crippen molar-refractivity contribution in [3.05, 3.63) is 60.7 Å². The molecule has 0 aliphatic carbocycles. The van der Waals surface area contributed by atoms with E-state index in [0.717, 1.165) is 5.69 Å². The smallest absolute Gasteiger partial charge is 0.287 e. The van der Waals surface area contributed by atoms with Crippen molar-refractivity contribution in [2.24, 2.45) is 5.10 Å². The van der Waals surface area contributed by atoms with Crippen molar-refractivity contribution in [3.8, 4) is 0 Å². The molecule has 0 atom stereocenters. The minimum absolute atomic E-state index is 0.160. The Morgan fingerprint density at radius 2 is 1.42 bits per heavy atom. The molecule has 0 radical (unpaired) electrons. The average molecular weight is 274 g/mol.